The molecule has 1 fully saturated rings. The maximum Gasteiger partial charge on any atom is 0.0465 e. The molecule has 2 rings (SSSR count). The van der Waals surface area contributed by atoms with E-state index in [1.54, 1.807) is 0 Å². The van der Waals surface area contributed by atoms with E-state index in [2.05, 4.69) is 31.0 Å². The van der Waals surface area contributed by atoms with Crippen LogP contribution in [0.2, 0.25) is 10.0 Å². The van der Waals surface area contributed by atoms with Crippen LogP contribution in [0.15, 0.2) is 18.2 Å². The first-order chi connectivity index (χ1) is 9.51. The molecule has 1 aromatic carbocycles. The lowest BCUT2D eigenvalue weighted by molar-refractivity contribution is 0.0885. The smallest absolute Gasteiger partial charge is 0.0465 e. The second-order valence-electron chi connectivity index (χ2n) is 5.93. The van der Waals surface area contributed by atoms with Gasteiger partial charge in [-0.3, -0.25) is 4.90 Å². The second kappa shape index (κ2) is 7.13. The van der Waals surface area contributed by atoms with Gasteiger partial charge in [-0.15, -0.1) is 0 Å². The Bertz CT molecular complexity index is 450. The van der Waals surface area contributed by atoms with Gasteiger partial charge in [0.15, 0.2) is 0 Å². The average molecular weight is 315 g/mol. The Morgan fingerprint density at radius 3 is 2.80 bits per heavy atom. The predicted octanol–water partition coefficient (Wildman–Crippen LogP) is 4.20. The van der Waals surface area contributed by atoms with E-state index >= 15 is 0 Å². The third-order valence-electron chi connectivity index (χ3n) is 4.34. The molecular formula is C16H24Cl2N2. The van der Waals surface area contributed by atoms with E-state index in [1.165, 1.54) is 12.0 Å². The third kappa shape index (κ3) is 3.88. The SMILES string of the molecule is CCC(C)C1CNC(C)CN1Cc1ccc(Cl)cc1Cl. The molecule has 0 radical (unpaired) electrons. The van der Waals surface area contributed by atoms with Crippen LogP contribution in [0.4, 0.5) is 0 Å². The average Bonchev–Trinajstić information content (AvgIpc) is 2.41. The molecule has 4 heteroatoms. The molecule has 0 saturated carbocycles. The highest BCUT2D eigenvalue weighted by molar-refractivity contribution is 6.35. The van der Waals surface area contributed by atoms with Crippen molar-refractivity contribution in [3.63, 3.8) is 0 Å². The maximum atomic E-state index is 6.32. The minimum absolute atomic E-state index is 0.529. The van der Waals surface area contributed by atoms with Gasteiger partial charge in [-0.2, -0.15) is 0 Å². The zero-order valence-electron chi connectivity index (χ0n) is 12.5. The summed E-state index contributed by atoms with van der Waals surface area (Å²) in [7, 11) is 0. The van der Waals surface area contributed by atoms with Crippen LogP contribution < -0.4 is 5.32 Å². The number of nitrogens with zero attached hydrogens (tertiary/aromatic N) is 1. The van der Waals surface area contributed by atoms with E-state index in [1.807, 2.05) is 18.2 Å². The Morgan fingerprint density at radius 1 is 1.40 bits per heavy atom. The minimum atomic E-state index is 0.529. The standard InChI is InChI=1S/C16H24Cl2N2/c1-4-11(2)16-8-19-12(3)9-20(16)10-13-5-6-14(17)7-15(13)18/h5-7,11-12,16,19H,4,8-10H2,1-3H3. The molecule has 1 aliphatic rings. The van der Waals surface area contributed by atoms with Gasteiger partial charge in [0.1, 0.15) is 0 Å². The number of halogens is 2. The van der Waals surface area contributed by atoms with E-state index < -0.39 is 0 Å². The maximum absolute atomic E-state index is 6.32. The van der Waals surface area contributed by atoms with Crippen LogP contribution >= 0.6 is 23.2 Å². The fraction of sp³-hybridized carbons (Fsp3) is 0.625. The summed E-state index contributed by atoms with van der Waals surface area (Å²) in [6.07, 6.45) is 1.20. The van der Waals surface area contributed by atoms with Gasteiger partial charge in [-0.25, -0.2) is 0 Å². The summed E-state index contributed by atoms with van der Waals surface area (Å²) < 4.78 is 0. The molecule has 1 heterocycles. The molecule has 1 aliphatic heterocycles. The van der Waals surface area contributed by atoms with E-state index in [0.29, 0.717) is 23.0 Å². The molecule has 0 aliphatic carbocycles. The first kappa shape index (κ1) is 16.1. The topological polar surface area (TPSA) is 15.3 Å². The van der Waals surface area contributed by atoms with Crippen molar-refractivity contribution in [2.75, 3.05) is 13.1 Å². The van der Waals surface area contributed by atoms with Gasteiger partial charge >= 0.3 is 0 Å². The fourth-order valence-electron chi connectivity index (χ4n) is 2.89. The lowest BCUT2D eigenvalue weighted by atomic mass is 9.94. The Morgan fingerprint density at radius 2 is 2.15 bits per heavy atom. The fourth-order valence-corrected chi connectivity index (χ4v) is 3.35. The molecule has 1 saturated heterocycles. The van der Waals surface area contributed by atoms with E-state index in [-0.39, 0.29) is 0 Å². The van der Waals surface area contributed by atoms with E-state index in [4.69, 9.17) is 23.2 Å². The number of nitrogens with one attached hydrogen (secondary N) is 1. The zero-order chi connectivity index (χ0) is 14.7. The highest BCUT2D eigenvalue weighted by Crippen LogP contribution is 2.26. The number of hydrogen-bond donors (Lipinski definition) is 1. The molecule has 3 unspecified atom stereocenters. The van der Waals surface area contributed by atoms with Crippen LogP contribution in [0.5, 0.6) is 0 Å². The summed E-state index contributed by atoms with van der Waals surface area (Å²) in [5.41, 5.74) is 1.17. The monoisotopic (exact) mass is 314 g/mol. The van der Waals surface area contributed by atoms with Crippen LogP contribution in [-0.4, -0.2) is 30.1 Å². The van der Waals surface area contributed by atoms with Crippen LogP contribution in [0.3, 0.4) is 0 Å². The van der Waals surface area contributed by atoms with Crippen molar-refractivity contribution in [3.05, 3.63) is 33.8 Å². The van der Waals surface area contributed by atoms with Crippen LogP contribution in [0, 0.1) is 5.92 Å². The van der Waals surface area contributed by atoms with Gasteiger partial charge in [0.05, 0.1) is 0 Å². The van der Waals surface area contributed by atoms with Crippen molar-refractivity contribution in [1.29, 1.82) is 0 Å². The van der Waals surface area contributed by atoms with E-state index in [0.717, 1.165) is 24.7 Å². The van der Waals surface area contributed by atoms with Crippen molar-refractivity contribution in [3.8, 4) is 0 Å². The second-order valence-corrected chi connectivity index (χ2v) is 6.77. The highest BCUT2D eigenvalue weighted by atomic mass is 35.5. The summed E-state index contributed by atoms with van der Waals surface area (Å²) in [4.78, 5) is 2.56. The van der Waals surface area contributed by atoms with Crippen LogP contribution in [0.1, 0.15) is 32.8 Å². The molecule has 3 atom stereocenters. The van der Waals surface area contributed by atoms with Gasteiger partial charge in [0.25, 0.3) is 0 Å². The Kier molecular flexibility index (Phi) is 5.74. The molecule has 112 valence electrons. The summed E-state index contributed by atoms with van der Waals surface area (Å²) >= 11 is 12.3. The molecule has 0 bridgehead atoms. The Balaban J connectivity index is 2.14. The molecule has 2 nitrogen and oxygen atoms in total. The summed E-state index contributed by atoms with van der Waals surface area (Å²) in [5, 5.41) is 5.06. The van der Waals surface area contributed by atoms with Gasteiger partial charge in [-0.1, -0.05) is 49.5 Å². The number of piperazine rings is 1. The molecule has 1 N–H and O–H groups in total. The highest BCUT2D eigenvalue weighted by Gasteiger charge is 2.29. The first-order valence-electron chi connectivity index (χ1n) is 7.42. The summed E-state index contributed by atoms with van der Waals surface area (Å²) in [5.74, 6) is 0.682. The van der Waals surface area contributed by atoms with Crippen LogP contribution in [-0.2, 0) is 6.54 Å². The number of hydrogen-bond acceptors (Lipinski definition) is 2. The Hall–Kier alpha value is -0.280. The predicted molar refractivity (Wildman–Crippen MR) is 87.6 cm³/mol. The molecular weight excluding hydrogens is 291 g/mol. The quantitative estimate of drug-likeness (QED) is 0.896. The summed E-state index contributed by atoms with van der Waals surface area (Å²) in [6, 6.07) is 6.91. The number of rotatable bonds is 4. The van der Waals surface area contributed by atoms with Gasteiger partial charge in [-0.05, 0) is 30.5 Å². The molecule has 1 aromatic rings. The van der Waals surface area contributed by atoms with Crippen molar-refractivity contribution in [1.82, 2.24) is 10.2 Å². The van der Waals surface area contributed by atoms with Crippen LogP contribution in [0.25, 0.3) is 0 Å². The van der Waals surface area contributed by atoms with Crippen molar-refractivity contribution < 1.29 is 0 Å². The molecule has 0 aromatic heterocycles. The first-order valence-corrected chi connectivity index (χ1v) is 8.18. The van der Waals surface area contributed by atoms with Crippen molar-refractivity contribution in [2.24, 2.45) is 5.92 Å². The molecule has 20 heavy (non-hydrogen) atoms. The van der Waals surface area contributed by atoms with Gasteiger partial charge < -0.3 is 5.32 Å². The van der Waals surface area contributed by atoms with Gasteiger partial charge in [0, 0.05) is 41.8 Å². The molecule has 0 spiro atoms. The zero-order valence-corrected chi connectivity index (χ0v) is 14.0. The van der Waals surface area contributed by atoms with Crippen molar-refractivity contribution in [2.45, 2.75) is 45.8 Å². The summed E-state index contributed by atoms with van der Waals surface area (Å²) in [6.45, 7) is 9.85. The van der Waals surface area contributed by atoms with Gasteiger partial charge in [0.2, 0.25) is 0 Å². The lowest BCUT2D eigenvalue weighted by Gasteiger charge is -2.42. The Labute approximate surface area is 132 Å². The van der Waals surface area contributed by atoms with Crippen molar-refractivity contribution >= 4 is 23.2 Å². The largest absolute Gasteiger partial charge is 0.311 e. The normalized spacial score (nSPS) is 25.6. The number of benzene rings is 1. The molecule has 0 amide bonds. The van der Waals surface area contributed by atoms with E-state index in [9.17, 15) is 0 Å². The third-order valence-corrected chi connectivity index (χ3v) is 4.93. The lowest BCUT2D eigenvalue weighted by Crippen LogP contribution is -2.57. The minimum Gasteiger partial charge on any atom is -0.311 e.